The molecule has 0 aliphatic carbocycles. The van der Waals surface area contributed by atoms with Gasteiger partial charge in [-0.2, -0.15) is 0 Å². The molecule has 0 bridgehead atoms. The van der Waals surface area contributed by atoms with E-state index in [1.807, 2.05) is 0 Å². The third-order valence-corrected chi connectivity index (χ3v) is 4.50. The average molecular weight is 232 g/mol. The molecule has 0 aromatic heterocycles. The molecule has 0 amide bonds. The highest BCUT2D eigenvalue weighted by Gasteiger charge is 2.32. The minimum absolute atomic E-state index is 0.501. The zero-order chi connectivity index (χ0) is 10.9. The predicted octanol–water partition coefficient (Wildman–Crippen LogP) is 0.366. The third-order valence-electron chi connectivity index (χ3n) is 1.88. The van der Waals surface area contributed by atoms with E-state index in [-0.39, 0.29) is 0 Å². The second-order valence-corrected chi connectivity index (χ2v) is 6.84. The Morgan fingerprint density at radius 3 is 1.69 bits per heavy atom. The maximum atomic E-state index is 10.7. The van der Waals surface area contributed by atoms with Crippen molar-refractivity contribution in [2.45, 2.75) is 19.5 Å². The Bertz CT molecular complexity index is 252. The molecular formula is C5H14O6P2. The van der Waals surface area contributed by atoms with E-state index in [0.717, 1.165) is 0 Å². The highest BCUT2D eigenvalue weighted by Crippen LogP contribution is 2.48. The average Bonchev–Trinajstić information content (AvgIpc) is 1.79. The fourth-order valence-electron chi connectivity index (χ4n) is 0.859. The van der Waals surface area contributed by atoms with Gasteiger partial charge in [0.05, 0.1) is 11.8 Å². The van der Waals surface area contributed by atoms with Crippen LogP contribution in [0.25, 0.3) is 0 Å². The SMILES string of the molecule is CC(CP(=O)(O)O)C(C)P(=O)(O)O. The lowest BCUT2D eigenvalue weighted by Gasteiger charge is -2.20. The lowest BCUT2D eigenvalue weighted by atomic mass is 10.1. The van der Waals surface area contributed by atoms with Crippen LogP contribution in [0.4, 0.5) is 0 Å². The summed E-state index contributed by atoms with van der Waals surface area (Å²) in [7, 11) is -8.43. The van der Waals surface area contributed by atoms with E-state index in [2.05, 4.69) is 0 Å². The van der Waals surface area contributed by atoms with Crippen molar-refractivity contribution >= 4 is 15.2 Å². The Kier molecular flexibility index (Phi) is 4.31. The van der Waals surface area contributed by atoms with Crippen LogP contribution in [0.2, 0.25) is 0 Å². The summed E-state index contributed by atoms with van der Waals surface area (Å²) >= 11 is 0. The molecule has 0 radical (unpaired) electrons. The molecule has 0 spiro atoms. The molecule has 80 valence electrons. The van der Waals surface area contributed by atoms with E-state index in [0.29, 0.717) is 0 Å². The van der Waals surface area contributed by atoms with Crippen LogP contribution in [0.3, 0.4) is 0 Å². The molecule has 2 atom stereocenters. The summed E-state index contributed by atoms with van der Waals surface area (Å²) in [6, 6.07) is 0. The van der Waals surface area contributed by atoms with Gasteiger partial charge in [-0.15, -0.1) is 0 Å². The van der Waals surface area contributed by atoms with E-state index in [9.17, 15) is 9.13 Å². The van der Waals surface area contributed by atoms with Gasteiger partial charge >= 0.3 is 15.2 Å². The lowest BCUT2D eigenvalue weighted by Crippen LogP contribution is -2.18. The highest BCUT2D eigenvalue weighted by molar-refractivity contribution is 7.53. The predicted molar refractivity (Wildman–Crippen MR) is 47.6 cm³/mol. The maximum Gasteiger partial charge on any atom is 0.328 e. The first-order chi connectivity index (χ1) is 5.54. The molecule has 0 aromatic carbocycles. The van der Waals surface area contributed by atoms with E-state index in [1.54, 1.807) is 0 Å². The number of hydrogen-bond donors (Lipinski definition) is 4. The van der Waals surface area contributed by atoms with Crippen molar-refractivity contribution in [1.29, 1.82) is 0 Å². The molecule has 0 saturated heterocycles. The van der Waals surface area contributed by atoms with Crippen molar-refractivity contribution in [1.82, 2.24) is 0 Å². The van der Waals surface area contributed by atoms with Gasteiger partial charge in [-0.25, -0.2) is 0 Å². The van der Waals surface area contributed by atoms with Crippen LogP contribution >= 0.6 is 15.2 Å². The van der Waals surface area contributed by atoms with Gasteiger partial charge < -0.3 is 19.6 Å². The van der Waals surface area contributed by atoms with Crippen LogP contribution < -0.4 is 0 Å². The smallest absolute Gasteiger partial charge is 0.324 e. The first kappa shape index (κ1) is 13.3. The topological polar surface area (TPSA) is 115 Å². The molecule has 0 rings (SSSR count). The third kappa shape index (κ3) is 5.57. The van der Waals surface area contributed by atoms with E-state index < -0.39 is 32.9 Å². The normalized spacial score (nSPS) is 18.3. The zero-order valence-electron chi connectivity index (χ0n) is 7.36. The molecule has 0 aliphatic rings. The minimum atomic E-state index is -4.24. The van der Waals surface area contributed by atoms with Crippen molar-refractivity contribution in [3.63, 3.8) is 0 Å². The van der Waals surface area contributed by atoms with Crippen molar-refractivity contribution in [2.75, 3.05) is 6.16 Å². The van der Waals surface area contributed by atoms with Crippen LogP contribution in [-0.2, 0) is 9.13 Å². The molecule has 8 heteroatoms. The Labute approximate surface area is 76.3 Å². The number of rotatable bonds is 4. The second-order valence-electron chi connectivity index (χ2n) is 3.15. The van der Waals surface area contributed by atoms with Crippen LogP contribution in [0.15, 0.2) is 0 Å². The van der Waals surface area contributed by atoms with E-state index >= 15 is 0 Å². The van der Waals surface area contributed by atoms with Crippen LogP contribution in [0, 0.1) is 5.92 Å². The maximum absolute atomic E-state index is 10.7. The summed E-state index contributed by atoms with van der Waals surface area (Å²) < 4.78 is 21.2. The first-order valence-corrected chi connectivity index (χ1v) is 7.12. The molecule has 0 aliphatic heterocycles. The summed E-state index contributed by atoms with van der Waals surface area (Å²) in [5.41, 5.74) is -1.03. The molecule has 0 aromatic rings. The van der Waals surface area contributed by atoms with Crippen LogP contribution in [0.1, 0.15) is 13.8 Å². The Hall–Kier alpha value is 0.300. The van der Waals surface area contributed by atoms with Gasteiger partial charge in [0.15, 0.2) is 0 Å². The molecule has 0 heterocycles. The van der Waals surface area contributed by atoms with E-state index in [4.69, 9.17) is 19.6 Å². The van der Waals surface area contributed by atoms with Crippen molar-refractivity contribution in [2.24, 2.45) is 5.92 Å². The molecule has 13 heavy (non-hydrogen) atoms. The quantitative estimate of drug-likeness (QED) is 0.520. The molecule has 0 fully saturated rings. The molecule has 2 unspecified atom stereocenters. The Balaban J connectivity index is 4.38. The van der Waals surface area contributed by atoms with Gasteiger partial charge in [0.2, 0.25) is 0 Å². The first-order valence-electron chi connectivity index (χ1n) is 3.64. The standard InChI is InChI=1S/C5H14O6P2/c1-4(3-12(6,7)8)5(2)13(9,10)11/h4-5H,3H2,1-2H3,(H2,6,7,8)(H2,9,10,11). The van der Waals surface area contributed by atoms with Gasteiger partial charge in [-0.3, -0.25) is 9.13 Å². The Morgan fingerprint density at radius 2 is 1.46 bits per heavy atom. The largest absolute Gasteiger partial charge is 0.328 e. The van der Waals surface area contributed by atoms with Crippen molar-refractivity contribution in [3.05, 3.63) is 0 Å². The van der Waals surface area contributed by atoms with Crippen molar-refractivity contribution < 1.29 is 28.7 Å². The van der Waals surface area contributed by atoms with Gasteiger partial charge in [0.25, 0.3) is 0 Å². The van der Waals surface area contributed by atoms with Gasteiger partial charge in [0.1, 0.15) is 0 Å². The summed E-state index contributed by atoms with van der Waals surface area (Å²) in [6.45, 7) is 2.68. The van der Waals surface area contributed by atoms with Gasteiger partial charge in [-0.05, 0) is 5.92 Å². The summed E-state index contributed by atoms with van der Waals surface area (Å²) in [5.74, 6) is -0.707. The lowest BCUT2D eigenvalue weighted by molar-refractivity contribution is 0.337. The number of hydrogen-bond acceptors (Lipinski definition) is 2. The minimum Gasteiger partial charge on any atom is -0.324 e. The molecule has 6 nitrogen and oxygen atoms in total. The second kappa shape index (κ2) is 4.22. The van der Waals surface area contributed by atoms with Gasteiger partial charge in [0, 0.05) is 0 Å². The fourth-order valence-corrected chi connectivity index (χ4v) is 2.86. The van der Waals surface area contributed by atoms with Crippen LogP contribution in [-0.4, -0.2) is 31.4 Å². The molecular weight excluding hydrogens is 218 g/mol. The zero-order valence-corrected chi connectivity index (χ0v) is 9.15. The highest BCUT2D eigenvalue weighted by atomic mass is 31.2. The fraction of sp³-hybridized carbons (Fsp3) is 1.00. The monoisotopic (exact) mass is 232 g/mol. The molecule has 4 N–H and O–H groups in total. The van der Waals surface area contributed by atoms with Gasteiger partial charge in [-0.1, -0.05) is 13.8 Å². The summed E-state index contributed by atoms with van der Waals surface area (Å²) in [5, 5.41) is 0. The molecule has 0 saturated carbocycles. The summed E-state index contributed by atoms with van der Waals surface area (Å²) in [6.07, 6.45) is -0.501. The summed E-state index contributed by atoms with van der Waals surface area (Å²) in [4.78, 5) is 34.5. The van der Waals surface area contributed by atoms with Crippen LogP contribution in [0.5, 0.6) is 0 Å². The Morgan fingerprint density at radius 1 is 1.08 bits per heavy atom. The van der Waals surface area contributed by atoms with Crippen molar-refractivity contribution in [3.8, 4) is 0 Å². The van der Waals surface area contributed by atoms with E-state index in [1.165, 1.54) is 13.8 Å².